The van der Waals surface area contributed by atoms with Crippen molar-refractivity contribution in [2.45, 2.75) is 6.54 Å². The second-order valence-electron chi connectivity index (χ2n) is 7.14. The number of nitriles is 1. The summed E-state index contributed by atoms with van der Waals surface area (Å²) in [5, 5.41) is 20.4. The van der Waals surface area contributed by atoms with Crippen LogP contribution in [0.25, 0.3) is 6.08 Å². The van der Waals surface area contributed by atoms with Crippen LogP contribution in [0, 0.1) is 21.4 Å². The van der Waals surface area contributed by atoms with Gasteiger partial charge in [0.1, 0.15) is 5.69 Å². The number of anilines is 1. The van der Waals surface area contributed by atoms with E-state index in [0.29, 0.717) is 48.7 Å². The highest BCUT2D eigenvalue weighted by Crippen LogP contribution is 2.36. The molecule has 2 fully saturated rings. The molecule has 4 rings (SSSR count). The van der Waals surface area contributed by atoms with Crippen molar-refractivity contribution in [1.29, 1.82) is 5.26 Å². The standard InChI is InChI=1S/C22H18N4O5S/c23-13-16-3-1-2-4-17(16)14-25-21(27)20(32-22(25)28)12-15-5-6-18(19(11-15)26(29)30)24-7-9-31-10-8-24/h1-6,11-12H,7-10,14H2/b20-12-. The van der Waals surface area contributed by atoms with Crippen molar-refractivity contribution < 1.29 is 19.2 Å². The normalized spacial score (nSPS) is 17.7. The van der Waals surface area contributed by atoms with Gasteiger partial charge >= 0.3 is 0 Å². The number of nitro benzene ring substituents is 1. The van der Waals surface area contributed by atoms with Crippen molar-refractivity contribution in [2.75, 3.05) is 31.2 Å². The smallest absolute Gasteiger partial charge is 0.293 e. The van der Waals surface area contributed by atoms with Gasteiger partial charge in [-0.05, 0) is 41.1 Å². The number of carbonyl (C=O) groups excluding carboxylic acids is 2. The van der Waals surface area contributed by atoms with Gasteiger partial charge in [0.2, 0.25) is 0 Å². The first-order valence-electron chi connectivity index (χ1n) is 9.82. The molecule has 2 heterocycles. The minimum Gasteiger partial charge on any atom is -0.378 e. The van der Waals surface area contributed by atoms with Crippen LogP contribution >= 0.6 is 11.8 Å². The van der Waals surface area contributed by atoms with Crippen molar-refractivity contribution in [3.8, 4) is 6.07 Å². The Kier molecular flexibility index (Phi) is 6.20. The van der Waals surface area contributed by atoms with Crippen LogP contribution in [0.3, 0.4) is 0 Å². The molecule has 0 unspecified atom stereocenters. The summed E-state index contributed by atoms with van der Waals surface area (Å²) in [6, 6.07) is 13.6. The molecule has 2 aromatic carbocycles. The van der Waals surface area contributed by atoms with Gasteiger partial charge < -0.3 is 9.64 Å². The highest BCUT2D eigenvalue weighted by Gasteiger charge is 2.35. The lowest BCUT2D eigenvalue weighted by atomic mass is 10.1. The first-order chi connectivity index (χ1) is 15.5. The topological polar surface area (TPSA) is 117 Å². The molecule has 162 valence electrons. The Hall–Kier alpha value is -3.68. The number of ether oxygens (including phenoxy) is 1. The van der Waals surface area contributed by atoms with Gasteiger partial charge in [0, 0.05) is 19.2 Å². The lowest BCUT2D eigenvalue weighted by molar-refractivity contribution is -0.384. The number of nitro groups is 1. The molecule has 9 nitrogen and oxygen atoms in total. The Balaban J connectivity index is 1.59. The fraction of sp³-hybridized carbons (Fsp3) is 0.227. The van der Waals surface area contributed by atoms with E-state index >= 15 is 0 Å². The van der Waals surface area contributed by atoms with Crippen molar-refractivity contribution in [1.82, 2.24) is 4.90 Å². The number of benzene rings is 2. The van der Waals surface area contributed by atoms with Gasteiger partial charge in [0.15, 0.2) is 0 Å². The summed E-state index contributed by atoms with van der Waals surface area (Å²) in [4.78, 5) is 39.6. The Bertz CT molecular complexity index is 1170. The molecule has 2 saturated heterocycles. The summed E-state index contributed by atoms with van der Waals surface area (Å²) in [6.07, 6.45) is 1.48. The number of hydrogen-bond donors (Lipinski definition) is 0. The molecule has 0 atom stereocenters. The zero-order valence-electron chi connectivity index (χ0n) is 16.9. The Morgan fingerprint density at radius 3 is 2.66 bits per heavy atom. The summed E-state index contributed by atoms with van der Waals surface area (Å²) >= 11 is 0.775. The van der Waals surface area contributed by atoms with Gasteiger partial charge in [-0.1, -0.05) is 24.3 Å². The first kappa shape index (κ1) is 21.5. The average molecular weight is 450 g/mol. The quantitative estimate of drug-likeness (QED) is 0.386. The lowest BCUT2D eigenvalue weighted by Crippen LogP contribution is -2.36. The molecule has 2 amide bonds. The van der Waals surface area contributed by atoms with Crippen LogP contribution in [0.15, 0.2) is 47.4 Å². The van der Waals surface area contributed by atoms with Crippen molar-refractivity contribution in [2.24, 2.45) is 0 Å². The van der Waals surface area contributed by atoms with E-state index in [-0.39, 0.29) is 17.1 Å². The second-order valence-corrected chi connectivity index (χ2v) is 8.13. The summed E-state index contributed by atoms with van der Waals surface area (Å²) in [5.74, 6) is -0.493. The van der Waals surface area contributed by atoms with Gasteiger partial charge in [0.25, 0.3) is 16.8 Å². The Labute approximate surface area is 188 Å². The zero-order chi connectivity index (χ0) is 22.7. The average Bonchev–Trinajstić information content (AvgIpc) is 3.07. The van der Waals surface area contributed by atoms with E-state index in [2.05, 4.69) is 6.07 Å². The molecule has 2 aliphatic rings. The van der Waals surface area contributed by atoms with Crippen LogP contribution in [-0.2, 0) is 16.1 Å². The zero-order valence-corrected chi connectivity index (χ0v) is 17.7. The van der Waals surface area contributed by atoms with Gasteiger partial charge in [-0.3, -0.25) is 24.6 Å². The van der Waals surface area contributed by atoms with Gasteiger partial charge in [-0.25, -0.2) is 0 Å². The maximum atomic E-state index is 12.8. The third kappa shape index (κ3) is 4.34. The van der Waals surface area contributed by atoms with Crippen LogP contribution in [0.5, 0.6) is 0 Å². The molecule has 0 radical (unpaired) electrons. The first-order valence-corrected chi connectivity index (χ1v) is 10.6. The molecule has 0 saturated carbocycles. The van der Waals surface area contributed by atoms with Crippen LogP contribution in [0.2, 0.25) is 0 Å². The number of nitrogens with zero attached hydrogens (tertiary/aromatic N) is 4. The van der Waals surface area contributed by atoms with Gasteiger partial charge in [-0.15, -0.1) is 0 Å². The molecule has 0 bridgehead atoms. The molecule has 0 aliphatic carbocycles. The predicted molar refractivity (Wildman–Crippen MR) is 119 cm³/mol. The van der Waals surface area contributed by atoms with E-state index in [9.17, 15) is 25.0 Å². The van der Waals surface area contributed by atoms with Crippen LogP contribution in [0.4, 0.5) is 16.2 Å². The van der Waals surface area contributed by atoms with Crippen molar-refractivity contribution >= 4 is 40.4 Å². The number of carbonyl (C=O) groups is 2. The van der Waals surface area contributed by atoms with E-state index in [1.54, 1.807) is 36.4 Å². The monoisotopic (exact) mass is 450 g/mol. The molecule has 0 N–H and O–H groups in total. The van der Waals surface area contributed by atoms with E-state index in [1.165, 1.54) is 12.1 Å². The van der Waals surface area contributed by atoms with Gasteiger partial charge in [0.05, 0.1) is 41.2 Å². The molecule has 32 heavy (non-hydrogen) atoms. The molecular weight excluding hydrogens is 432 g/mol. The summed E-state index contributed by atoms with van der Waals surface area (Å²) < 4.78 is 5.31. The Morgan fingerprint density at radius 2 is 1.94 bits per heavy atom. The minimum atomic E-state index is -0.493. The number of hydrogen-bond acceptors (Lipinski definition) is 8. The third-order valence-corrected chi connectivity index (χ3v) is 6.09. The fourth-order valence-electron chi connectivity index (χ4n) is 3.57. The highest BCUT2D eigenvalue weighted by atomic mass is 32.2. The van der Waals surface area contributed by atoms with Crippen molar-refractivity contribution in [3.05, 3.63) is 74.2 Å². The van der Waals surface area contributed by atoms with Crippen LogP contribution in [0.1, 0.15) is 16.7 Å². The maximum absolute atomic E-state index is 12.8. The molecule has 0 aromatic heterocycles. The number of imide groups is 1. The molecule has 2 aliphatic heterocycles. The molecule has 2 aromatic rings. The summed E-state index contributed by atoms with van der Waals surface area (Å²) in [5.41, 5.74) is 1.85. The lowest BCUT2D eigenvalue weighted by Gasteiger charge is -2.28. The number of rotatable bonds is 5. The largest absolute Gasteiger partial charge is 0.378 e. The molecular formula is C22H18N4O5S. The predicted octanol–water partition coefficient (Wildman–Crippen LogP) is 3.54. The highest BCUT2D eigenvalue weighted by molar-refractivity contribution is 8.18. The number of thioether (sulfide) groups is 1. The molecule has 0 spiro atoms. The Morgan fingerprint density at radius 1 is 1.19 bits per heavy atom. The number of morpholine rings is 1. The summed E-state index contributed by atoms with van der Waals surface area (Å²) in [7, 11) is 0. The van der Waals surface area contributed by atoms with E-state index < -0.39 is 16.1 Å². The SMILES string of the molecule is N#Cc1ccccc1CN1C(=O)S/C(=C\c2ccc(N3CCOCC3)c([N+](=O)[O-])c2)C1=O. The van der Waals surface area contributed by atoms with Gasteiger partial charge in [-0.2, -0.15) is 5.26 Å². The van der Waals surface area contributed by atoms with Crippen LogP contribution in [-0.4, -0.2) is 47.3 Å². The fourth-order valence-corrected chi connectivity index (χ4v) is 4.41. The number of amides is 2. The van der Waals surface area contributed by atoms with E-state index in [4.69, 9.17) is 4.74 Å². The second kappa shape index (κ2) is 9.21. The third-order valence-electron chi connectivity index (χ3n) is 5.19. The summed E-state index contributed by atoms with van der Waals surface area (Å²) in [6.45, 7) is 2.11. The minimum absolute atomic E-state index is 0.0120. The van der Waals surface area contributed by atoms with Crippen molar-refractivity contribution in [3.63, 3.8) is 0 Å². The van der Waals surface area contributed by atoms with Crippen LogP contribution < -0.4 is 4.90 Å². The molecule has 10 heteroatoms. The maximum Gasteiger partial charge on any atom is 0.293 e. The van der Waals surface area contributed by atoms with E-state index in [0.717, 1.165) is 16.7 Å². The van der Waals surface area contributed by atoms with E-state index in [1.807, 2.05) is 4.90 Å².